The van der Waals surface area contributed by atoms with Gasteiger partial charge in [-0.25, -0.2) is 18.4 Å². The standard InChI is InChI=1S/C40H41F5O10/c1-4-35(46)52-22-8-6-20-50-32-14-10-27(24-29(32)41)12-18-37(48)54-31-16-17-34(39(26(31)3)40(43,44)45)55-38(49)19-13-28-11-15-33(30(42)25-28)51-21-7-9-23-53-36(47)5-2/h4-5,10-11,14-17,24-25H,1-2,6-9,12-13,18-23H2,3H3. The van der Waals surface area contributed by atoms with Gasteiger partial charge in [0.2, 0.25) is 0 Å². The second kappa shape index (κ2) is 21.8. The molecule has 0 saturated carbocycles. The Hall–Kier alpha value is -5.73. The molecule has 0 bridgehead atoms. The Bertz CT molecular complexity index is 1820. The maximum Gasteiger partial charge on any atom is 0.420 e. The molecular formula is C40H41F5O10. The molecule has 0 saturated heterocycles. The highest BCUT2D eigenvalue weighted by molar-refractivity contribution is 5.81. The number of carbonyl (C=O) groups excluding carboxylic acids is 4. The van der Waals surface area contributed by atoms with E-state index in [1.54, 1.807) is 0 Å². The van der Waals surface area contributed by atoms with Crippen molar-refractivity contribution in [3.63, 3.8) is 0 Å². The monoisotopic (exact) mass is 776 g/mol. The predicted octanol–water partition coefficient (Wildman–Crippen LogP) is 8.14. The number of hydrogen-bond donors (Lipinski definition) is 0. The zero-order valence-electron chi connectivity index (χ0n) is 30.1. The minimum absolute atomic E-state index is 0.0157. The van der Waals surface area contributed by atoms with E-state index in [1.807, 2.05) is 0 Å². The lowest BCUT2D eigenvalue weighted by atomic mass is 10.1. The molecule has 0 spiro atoms. The average molecular weight is 777 g/mol. The van der Waals surface area contributed by atoms with Gasteiger partial charge in [0.05, 0.1) is 26.4 Å². The first kappa shape index (κ1) is 43.7. The minimum atomic E-state index is -4.99. The Labute approximate surface area is 314 Å². The second-order valence-electron chi connectivity index (χ2n) is 11.9. The molecule has 0 aliphatic carbocycles. The summed E-state index contributed by atoms with van der Waals surface area (Å²) in [5.74, 6) is -5.61. The molecule has 3 aromatic rings. The molecule has 15 heteroatoms. The molecule has 55 heavy (non-hydrogen) atoms. The molecule has 0 radical (unpaired) electrons. The third-order valence-electron chi connectivity index (χ3n) is 7.75. The largest absolute Gasteiger partial charge is 0.491 e. The molecule has 0 aromatic heterocycles. The number of rotatable bonds is 22. The van der Waals surface area contributed by atoms with Crippen LogP contribution in [-0.4, -0.2) is 50.3 Å². The fourth-order valence-corrected chi connectivity index (χ4v) is 4.93. The third-order valence-corrected chi connectivity index (χ3v) is 7.75. The van der Waals surface area contributed by atoms with Gasteiger partial charge >= 0.3 is 30.1 Å². The van der Waals surface area contributed by atoms with E-state index in [9.17, 15) is 41.1 Å². The fourth-order valence-electron chi connectivity index (χ4n) is 4.93. The zero-order valence-corrected chi connectivity index (χ0v) is 30.1. The van der Waals surface area contributed by atoms with Crippen LogP contribution in [0.4, 0.5) is 22.0 Å². The van der Waals surface area contributed by atoms with Crippen molar-refractivity contribution in [1.82, 2.24) is 0 Å². The number of unbranched alkanes of at least 4 members (excludes halogenated alkanes) is 2. The Morgan fingerprint density at radius 1 is 0.618 bits per heavy atom. The molecule has 0 atom stereocenters. The van der Waals surface area contributed by atoms with E-state index in [4.69, 9.17) is 28.4 Å². The number of aryl methyl sites for hydroxylation is 2. The van der Waals surface area contributed by atoms with E-state index in [1.165, 1.54) is 30.3 Å². The van der Waals surface area contributed by atoms with Crippen molar-refractivity contribution < 1.29 is 69.6 Å². The molecule has 0 aliphatic rings. The van der Waals surface area contributed by atoms with Crippen LogP contribution in [0.25, 0.3) is 0 Å². The quantitative estimate of drug-likeness (QED) is 0.0325. The molecule has 0 heterocycles. The van der Waals surface area contributed by atoms with Crippen molar-refractivity contribution in [1.29, 1.82) is 0 Å². The molecule has 3 aromatic carbocycles. The van der Waals surface area contributed by atoms with Crippen LogP contribution in [0.1, 0.15) is 60.8 Å². The van der Waals surface area contributed by atoms with Gasteiger partial charge in [-0.2, -0.15) is 13.2 Å². The Morgan fingerprint density at radius 2 is 1.02 bits per heavy atom. The van der Waals surface area contributed by atoms with Crippen LogP contribution in [0.5, 0.6) is 23.0 Å². The molecule has 0 amide bonds. The molecule has 10 nitrogen and oxygen atoms in total. The molecule has 0 N–H and O–H groups in total. The smallest absolute Gasteiger partial charge is 0.420 e. The van der Waals surface area contributed by atoms with Gasteiger partial charge in [0.1, 0.15) is 17.1 Å². The predicted molar refractivity (Wildman–Crippen MR) is 189 cm³/mol. The Morgan fingerprint density at radius 3 is 1.44 bits per heavy atom. The first-order chi connectivity index (χ1) is 26.2. The van der Waals surface area contributed by atoms with Gasteiger partial charge in [0.25, 0.3) is 0 Å². The van der Waals surface area contributed by atoms with Gasteiger partial charge in [0.15, 0.2) is 23.1 Å². The molecule has 0 unspecified atom stereocenters. The minimum Gasteiger partial charge on any atom is -0.491 e. The number of carbonyl (C=O) groups is 4. The maximum absolute atomic E-state index is 14.5. The van der Waals surface area contributed by atoms with E-state index in [0.717, 1.165) is 37.3 Å². The van der Waals surface area contributed by atoms with Crippen molar-refractivity contribution in [3.8, 4) is 23.0 Å². The van der Waals surface area contributed by atoms with Gasteiger partial charge in [-0.15, -0.1) is 0 Å². The van der Waals surface area contributed by atoms with Crippen LogP contribution in [0, 0.1) is 18.6 Å². The summed E-state index contributed by atoms with van der Waals surface area (Å²) >= 11 is 0. The summed E-state index contributed by atoms with van der Waals surface area (Å²) in [4.78, 5) is 47.2. The average Bonchev–Trinajstić information content (AvgIpc) is 3.14. The van der Waals surface area contributed by atoms with Gasteiger partial charge in [-0.1, -0.05) is 25.3 Å². The van der Waals surface area contributed by atoms with Gasteiger partial charge in [0, 0.05) is 30.6 Å². The zero-order chi connectivity index (χ0) is 40.4. The van der Waals surface area contributed by atoms with E-state index >= 15 is 0 Å². The number of alkyl halides is 3. The maximum atomic E-state index is 14.5. The molecule has 0 fully saturated rings. The summed E-state index contributed by atoms with van der Waals surface area (Å²) < 4.78 is 102. The SMILES string of the molecule is C=CC(=O)OCCCCOc1ccc(CCC(=O)Oc2ccc(OC(=O)CCc3ccc(OCCCCOC(=O)C=C)c(F)c3)c(C(F)(F)F)c2C)cc1F. The number of benzene rings is 3. The number of halogens is 5. The highest BCUT2D eigenvalue weighted by Crippen LogP contribution is 2.42. The van der Waals surface area contributed by atoms with Gasteiger partial charge in [-0.3, -0.25) is 9.59 Å². The van der Waals surface area contributed by atoms with Crippen molar-refractivity contribution in [2.75, 3.05) is 26.4 Å². The second-order valence-corrected chi connectivity index (χ2v) is 11.9. The van der Waals surface area contributed by atoms with E-state index in [2.05, 4.69) is 13.2 Å². The molecule has 3 rings (SSSR count). The van der Waals surface area contributed by atoms with Crippen LogP contribution in [0.3, 0.4) is 0 Å². The van der Waals surface area contributed by atoms with Crippen molar-refractivity contribution >= 4 is 23.9 Å². The summed E-state index contributed by atoms with van der Waals surface area (Å²) in [6.07, 6.45) is -1.62. The summed E-state index contributed by atoms with van der Waals surface area (Å²) in [5, 5.41) is 0. The summed E-state index contributed by atoms with van der Waals surface area (Å²) in [6, 6.07) is 10.0. The van der Waals surface area contributed by atoms with Crippen molar-refractivity contribution in [2.24, 2.45) is 0 Å². The Balaban J connectivity index is 1.50. The summed E-state index contributed by atoms with van der Waals surface area (Å²) in [5.41, 5.74) is -1.02. The van der Waals surface area contributed by atoms with Gasteiger partial charge in [-0.05, 0) is 93.0 Å². The lowest BCUT2D eigenvalue weighted by Crippen LogP contribution is -2.17. The third kappa shape index (κ3) is 14.9. The summed E-state index contributed by atoms with van der Waals surface area (Å²) in [6.45, 7) is 8.30. The van der Waals surface area contributed by atoms with Crippen LogP contribution in [-0.2, 0) is 47.7 Å². The van der Waals surface area contributed by atoms with Gasteiger partial charge < -0.3 is 28.4 Å². The highest BCUT2D eigenvalue weighted by Gasteiger charge is 2.38. The normalized spacial score (nSPS) is 10.9. The number of ether oxygens (including phenoxy) is 6. The lowest BCUT2D eigenvalue weighted by molar-refractivity contribution is -0.143. The van der Waals surface area contributed by atoms with Crippen LogP contribution in [0.2, 0.25) is 0 Å². The van der Waals surface area contributed by atoms with E-state index in [-0.39, 0.29) is 63.6 Å². The molecular weight excluding hydrogens is 735 g/mol. The van der Waals surface area contributed by atoms with Crippen molar-refractivity contribution in [3.05, 3.63) is 108 Å². The molecule has 296 valence electrons. The molecule has 0 aliphatic heterocycles. The van der Waals surface area contributed by atoms with E-state index in [0.29, 0.717) is 36.8 Å². The first-order valence-corrected chi connectivity index (χ1v) is 17.2. The number of hydrogen-bond acceptors (Lipinski definition) is 10. The number of esters is 4. The van der Waals surface area contributed by atoms with Crippen molar-refractivity contribution in [2.45, 2.75) is 64.5 Å². The fraction of sp³-hybridized carbons (Fsp3) is 0.350. The Kier molecular flexibility index (Phi) is 17.3. The van der Waals surface area contributed by atoms with Crippen LogP contribution >= 0.6 is 0 Å². The topological polar surface area (TPSA) is 124 Å². The van der Waals surface area contributed by atoms with E-state index < -0.39 is 64.3 Å². The summed E-state index contributed by atoms with van der Waals surface area (Å²) in [7, 11) is 0. The highest BCUT2D eigenvalue weighted by atomic mass is 19.4. The lowest BCUT2D eigenvalue weighted by Gasteiger charge is -2.18. The van der Waals surface area contributed by atoms with Crippen LogP contribution in [0.15, 0.2) is 73.8 Å². The first-order valence-electron chi connectivity index (χ1n) is 17.2. The van der Waals surface area contributed by atoms with Crippen LogP contribution < -0.4 is 18.9 Å².